The molecule has 0 saturated carbocycles. The van der Waals surface area contributed by atoms with E-state index in [1.165, 1.54) is 0 Å². The van der Waals surface area contributed by atoms with Crippen LogP contribution in [0.3, 0.4) is 0 Å². The summed E-state index contributed by atoms with van der Waals surface area (Å²) in [5, 5.41) is 7.77. The zero-order valence-electron chi connectivity index (χ0n) is 14.1. The van der Waals surface area contributed by atoms with E-state index in [1.54, 1.807) is 20.4 Å². The van der Waals surface area contributed by atoms with Crippen LogP contribution in [0.2, 0.25) is 0 Å². The van der Waals surface area contributed by atoms with Crippen LogP contribution >= 0.6 is 12.2 Å². The van der Waals surface area contributed by atoms with Gasteiger partial charge in [0.2, 0.25) is 0 Å². The third kappa shape index (κ3) is 6.31. The molecule has 132 valence electrons. The first kappa shape index (κ1) is 18.4. The number of methoxy groups -OCH3 is 2. The summed E-state index contributed by atoms with van der Waals surface area (Å²) in [6, 6.07) is 5.54. The van der Waals surface area contributed by atoms with E-state index < -0.39 is 0 Å². The minimum atomic E-state index is 0.495. The summed E-state index contributed by atoms with van der Waals surface area (Å²) < 4.78 is 15.8. The van der Waals surface area contributed by atoms with Crippen LogP contribution < -0.4 is 20.2 Å². The first-order chi connectivity index (χ1) is 11.7. The van der Waals surface area contributed by atoms with Crippen LogP contribution in [0.5, 0.6) is 11.5 Å². The number of benzene rings is 1. The average Bonchev–Trinajstić information content (AvgIpc) is 2.62. The van der Waals surface area contributed by atoms with Crippen LogP contribution in [0.1, 0.15) is 5.56 Å². The number of nitrogens with one attached hydrogen (secondary N) is 2. The lowest BCUT2D eigenvalue weighted by Crippen LogP contribution is -2.42. The van der Waals surface area contributed by atoms with Crippen molar-refractivity contribution < 1.29 is 14.2 Å². The number of thiocarbonyl (C=S) groups is 1. The largest absolute Gasteiger partial charge is 0.497 e. The lowest BCUT2D eigenvalue weighted by Gasteiger charge is -2.26. The Morgan fingerprint density at radius 3 is 2.54 bits per heavy atom. The maximum atomic E-state index is 5.32. The molecule has 0 amide bonds. The molecule has 0 atom stereocenters. The molecule has 1 saturated heterocycles. The van der Waals surface area contributed by atoms with Crippen LogP contribution in [0, 0.1) is 0 Å². The SMILES string of the molecule is COc1cc(/C=N\NC(=S)NCCN2CCOCC2)cc(OC)c1. The van der Waals surface area contributed by atoms with E-state index in [0.29, 0.717) is 16.6 Å². The van der Waals surface area contributed by atoms with Gasteiger partial charge < -0.3 is 19.5 Å². The van der Waals surface area contributed by atoms with Crippen molar-refractivity contribution in [2.24, 2.45) is 5.10 Å². The van der Waals surface area contributed by atoms with Crippen molar-refractivity contribution in [3.05, 3.63) is 23.8 Å². The molecule has 1 aliphatic rings. The molecule has 24 heavy (non-hydrogen) atoms. The quantitative estimate of drug-likeness (QED) is 0.428. The van der Waals surface area contributed by atoms with Gasteiger partial charge in [0.25, 0.3) is 0 Å². The predicted molar refractivity (Wildman–Crippen MR) is 98.1 cm³/mol. The molecule has 1 fully saturated rings. The molecule has 1 aromatic rings. The Hall–Kier alpha value is -1.90. The highest BCUT2D eigenvalue weighted by atomic mass is 32.1. The molecule has 1 heterocycles. The number of hydrazone groups is 1. The molecule has 0 unspecified atom stereocenters. The first-order valence-corrected chi connectivity index (χ1v) is 8.22. The molecule has 8 heteroatoms. The van der Waals surface area contributed by atoms with Gasteiger partial charge in [0, 0.05) is 37.8 Å². The third-order valence-electron chi connectivity index (χ3n) is 3.57. The molecule has 2 N–H and O–H groups in total. The van der Waals surface area contributed by atoms with Gasteiger partial charge in [-0.05, 0) is 24.4 Å². The van der Waals surface area contributed by atoms with E-state index in [4.69, 9.17) is 26.4 Å². The lowest BCUT2D eigenvalue weighted by molar-refractivity contribution is 0.0389. The fourth-order valence-electron chi connectivity index (χ4n) is 2.26. The molecule has 0 bridgehead atoms. The second kappa shape index (κ2) is 10.1. The van der Waals surface area contributed by atoms with Crippen molar-refractivity contribution in [1.82, 2.24) is 15.6 Å². The highest BCUT2D eigenvalue weighted by Gasteiger charge is 2.09. The van der Waals surface area contributed by atoms with Crippen molar-refractivity contribution in [3.63, 3.8) is 0 Å². The summed E-state index contributed by atoms with van der Waals surface area (Å²) in [5.74, 6) is 1.42. The maximum absolute atomic E-state index is 5.32. The van der Waals surface area contributed by atoms with Gasteiger partial charge in [-0.2, -0.15) is 5.10 Å². The lowest BCUT2D eigenvalue weighted by atomic mass is 10.2. The van der Waals surface area contributed by atoms with Gasteiger partial charge in [-0.3, -0.25) is 10.3 Å². The zero-order chi connectivity index (χ0) is 17.2. The Balaban J connectivity index is 1.73. The Labute approximate surface area is 147 Å². The van der Waals surface area contributed by atoms with Crippen molar-refractivity contribution in [3.8, 4) is 11.5 Å². The minimum absolute atomic E-state index is 0.495. The van der Waals surface area contributed by atoms with Gasteiger partial charge in [0.05, 0.1) is 33.6 Å². The van der Waals surface area contributed by atoms with E-state index in [1.807, 2.05) is 18.2 Å². The molecular weight excluding hydrogens is 328 g/mol. The van der Waals surface area contributed by atoms with Crippen LogP contribution in [0.25, 0.3) is 0 Å². The molecular formula is C16H24N4O3S. The van der Waals surface area contributed by atoms with E-state index in [-0.39, 0.29) is 0 Å². The molecule has 2 rings (SSSR count). The van der Waals surface area contributed by atoms with Crippen molar-refractivity contribution >= 4 is 23.5 Å². The second-order valence-corrected chi connectivity index (χ2v) is 5.63. The third-order valence-corrected chi connectivity index (χ3v) is 3.81. The number of hydrogen-bond donors (Lipinski definition) is 2. The zero-order valence-corrected chi connectivity index (χ0v) is 14.9. The van der Waals surface area contributed by atoms with Gasteiger partial charge in [-0.25, -0.2) is 0 Å². The molecule has 0 radical (unpaired) electrons. The van der Waals surface area contributed by atoms with Gasteiger partial charge >= 0.3 is 0 Å². The van der Waals surface area contributed by atoms with Crippen molar-refractivity contribution in [2.75, 3.05) is 53.6 Å². The first-order valence-electron chi connectivity index (χ1n) is 7.81. The molecule has 7 nitrogen and oxygen atoms in total. The molecule has 0 aromatic heterocycles. The fraction of sp³-hybridized carbons (Fsp3) is 0.500. The Bertz CT molecular complexity index is 540. The summed E-state index contributed by atoms with van der Waals surface area (Å²) in [4.78, 5) is 2.34. The number of rotatable bonds is 7. The second-order valence-electron chi connectivity index (χ2n) is 5.23. The maximum Gasteiger partial charge on any atom is 0.187 e. The Morgan fingerprint density at radius 1 is 1.25 bits per heavy atom. The van der Waals surface area contributed by atoms with Crippen LogP contribution in [0.4, 0.5) is 0 Å². The molecule has 0 spiro atoms. The summed E-state index contributed by atoms with van der Waals surface area (Å²) in [6.45, 7) is 5.25. The summed E-state index contributed by atoms with van der Waals surface area (Å²) >= 11 is 5.20. The predicted octanol–water partition coefficient (Wildman–Crippen LogP) is 0.834. The molecule has 1 aliphatic heterocycles. The summed E-state index contributed by atoms with van der Waals surface area (Å²) in [7, 11) is 3.23. The van der Waals surface area contributed by atoms with Crippen LogP contribution in [-0.4, -0.2) is 69.8 Å². The van der Waals surface area contributed by atoms with Crippen LogP contribution in [-0.2, 0) is 4.74 Å². The van der Waals surface area contributed by atoms with E-state index in [2.05, 4.69) is 20.7 Å². The van der Waals surface area contributed by atoms with Gasteiger partial charge in [0.15, 0.2) is 5.11 Å². The normalized spacial score (nSPS) is 15.2. The highest BCUT2D eigenvalue weighted by molar-refractivity contribution is 7.80. The number of ether oxygens (including phenoxy) is 3. The van der Waals surface area contributed by atoms with Crippen molar-refractivity contribution in [2.45, 2.75) is 0 Å². The monoisotopic (exact) mass is 352 g/mol. The van der Waals surface area contributed by atoms with Crippen LogP contribution in [0.15, 0.2) is 23.3 Å². The Morgan fingerprint density at radius 2 is 1.92 bits per heavy atom. The Kier molecular flexibility index (Phi) is 7.73. The minimum Gasteiger partial charge on any atom is -0.497 e. The standard InChI is InChI=1S/C16H24N4O3S/c1-21-14-9-13(10-15(11-14)22-2)12-18-19-16(24)17-3-4-20-5-7-23-8-6-20/h9-12H,3-8H2,1-2H3,(H2,17,19,24)/b18-12-. The van der Waals surface area contributed by atoms with Gasteiger partial charge in [-0.1, -0.05) is 0 Å². The smallest absolute Gasteiger partial charge is 0.187 e. The molecule has 1 aromatic carbocycles. The van der Waals surface area contributed by atoms with E-state index in [9.17, 15) is 0 Å². The van der Waals surface area contributed by atoms with Crippen molar-refractivity contribution in [1.29, 1.82) is 0 Å². The van der Waals surface area contributed by atoms with Gasteiger partial charge in [0.1, 0.15) is 11.5 Å². The summed E-state index contributed by atoms with van der Waals surface area (Å²) in [6.07, 6.45) is 1.67. The van der Waals surface area contributed by atoms with Gasteiger partial charge in [-0.15, -0.1) is 0 Å². The topological polar surface area (TPSA) is 67.4 Å². The molecule has 0 aliphatic carbocycles. The number of nitrogens with zero attached hydrogens (tertiary/aromatic N) is 2. The van der Waals surface area contributed by atoms with E-state index in [0.717, 1.165) is 45.0 Å². The number of hydrogen-bond acceptors (Lipinski definition) is 6. The fourth-order valence-corrected chi connectivity index (χ4v) is 2.42. The summed E-state index contributed by atoms with van der Waals surface area (Å²) in [5.41, 5.74) is 3.67. The average molecular weight is 352 g/mol. The highest BCUT2D eigenvalue weighted by Crippen LogP contribution is 2.21. The number of morpholine rings is 1. The van der Waals surface area contributed by atoms with E-state index >= 15 is 0 Å².